The molecule has 2 N–H and O–H groups in total. The van der Waals surface area contributed by atoms with Gasteiger partial charge in [0.25, 0.3) is 0 Å². The number of benzene rings is 1. The quantitative estimate of drug-likeness (QED) is 0.775. The van der Waals surface area contributed by atoms with Crippen molar-refractivity contribution < 1.29 is 13.2 Å². The number of amides is 1. The van der Waals surface area contributed by atoms with Crippen LogP contribution in [0.15, 0.2) is 35.2 Å². The minimum atomic E-state index is -3.54. The standard InChI is InChI=1S/C17H25N3O3S.ClH/c1-20(15-11-13-7-8-14(12-15)19-13)17(21)9-10-18-24(22,23)16-5-3-2-4-6-16;/h2-6,13-15,18-19H,7-12H2,1H3;1H. The first kappa shape index (κ1) is 20.2. The van der Waals surface area contributed by atoms with Gasteiger partial charge in [-0.05, 0) is 37.8 Å². The van der Waals surface area contributed by atoms with Crippen molar-refractivity contribution in [1.82, 2.24) is 14.9 Å². The van der Waals surface area contributed by atoms with Gasteiger partial charge in [0.1, 0.15) is 0 Å². The second-order valence-electron chi connectivity index (χ2n) is 6.73. The van der Waals surface area contributed by atoms with E-state index in [1.807, 2.05) is 11.9 Å². The maximum Gasteiger partial charge on any atom is 0.240 e. The van der Waals surface area contributed by atoms with Crippen molar-refractivity contribution in [2.45, 2.75) is 55.1 Å². The normalized spacial score (nSPS) is 25.2. The number of hydrogen-bond acceptors (Lipinski definition) is 4. The molecular formula is C17H26ClN3O3S. The Morgan fingerprint density at radius 3 is 2.40 bits per heavy atom. The highest BCUT2D eigenvalue weighted by Crippen LogP contribution is 2.29. The van der Waals surface area contributed by atoms with E-state index in [2.05, 4.69) is 10.0 Å². The molecule has 2 aliphatic heterocycles. The Balaban J connectivity index is 0.00000225. The van der Waals surface area contributed by atoms with Crippen LogP contribution in [0.25, 0.3) is 0 Å². The summed E-state index contributed by atoms with van der Waals surface area (Å²) in [4.78, 5) is 14.4. The van der Waals surface area contributed by atoms with Crippen LogP contribution < -0.4 is 10.0 Å². The average molecular weight is 388 g/mol. The van der Waals surface area contributed by atoms with Gasteiger partial charge in [-0.25, -0.2) is 13.1 Å². The maximum atomic E-state index is 12.4. The Morgan fingerprint density at radius 1 is 1.20 bits per heavy atom. The molecular weight excluding hydrogens is 362 g/mol. The Labute approximate surface area is 155 Å². The van der Waals surface area contributed by atoms with Crippen LogP contribution in [-0.2, 0) is 14.8 Å². The Bertz CT molecular complexity index is 672. The molecule has 0 aromatic heterocycles. The van der Waals surface area contributed by atoms with E-state index in [4.69, 9.17) is 0 Å². The lowest BCUT2D eigenvalue weighted by molar-refractivity contribution is -0.132. The first-order valence-corrected chi connectivity index (χ1v) is 10.0. The van der Waals surface area contributed by atoms with Crippen LogP contribution in [0.4, 0.5) is 0 Å². The Kier molecular flexibility index (Phi) is 6.85. The molecule has 6 nitrogen and oxygen atoms in total. The van der Waals surface area contributed by atoms with E-state index >= 15 is 0 Å². The first-order chi connectivity index (χ1) is 11.5. The highest BCUT2D eigenvalue weighted by Gasteiger charge is 2.36. The lowest BCUT2D eigenvalue weighted by atomic mass is 9.98. The van der Waals surface area contributed by atoms with Gasteiger partial charge in [0, 0.05) is 38.1 Å². The van der Waals surface area contributed by atoms with Crippen LogP contribution in [0.5, 0.6) is 0 Å². The number of halogens is 1. The third kappa shape index (κ3) is 4.94. The number of rotatable bonds is 6. The molecule has 2 fully saturated rings. The molecule has 8 heteroatoms. The van der Waals surface area contributed by atoms with Crippen molar-refractivity contribution in [1.29, 1.82) is 0 Å². The summed E-state index contributed by atoms with van der Waals surface area (Å²) in [6.07, 6.45) is 4.56. The largest absolute Gasteiger partial charge is 0.343 e. The molecule has 140 valence electrons. The van der Waals surface area contributed by atoms with Crippen LogP contribution in [0.2, 0.25) is 0 Å². The zero-order valence-electron chi connectivity index (χ0n) is 14.3. The number of nitrogens with one attached hydrogen (secondary N) is 2. The molecule has 2 unspecified atom stereocenters. The molecule has 1 amide bonds. The molecule has 2 bridgehead atoms. The molecule has 0 radical (unpaired) electrons. The van der Waals surface area contributed by atoms with Gasteiger partial charge in [0.05, 0.1) is 4.90 Å². The van der Waals surface area contributed by atoms with Gasteiger partial charge in [-0.3, -0.25) is 4.79 Å². The SMILES string of the molecule is CN(C(=O)CCNS(=O)(=O)c1ccccc1)C1CC2CCC(C1)N2.Cl. The van der Waals surface area contributed by atoms with Crippen LogP contribution >= 0.6 is 12.4 Å². The topological polar surface area (TPSA) is 78.5 Å². The van der Waals surface area contributed by atoms with Gasteiger partial charge < -0.3 is 10.2 Å². The second kappa shape index (κ2) is 8.49. The third-order valence-electron chi connectivity index (χ3n) is 5.07. The molecule has 25 heavy (non-hydrogen) atoms. The van der Waals surface area contributed by atoms with Crippen LogP contribution in [0.3, 0.4) is 0 Å². The molecule has 0 spiro atoms. The summed E-state index contributed by atoms with van der Waals surface area (Å²) in [5, 5.41) is 3.57. The van der Waals surface area contributed by atoms with Crippen LogP contribution in [0.1, 0.15) is 32.1 Å². The van der Waals surface area contributed by atoms with Crippen molar-refractivity contribution in [2.75, 3.05) is 13.6 Å². The maximum absolute atomic E-state index is 12.4. The summed E-state index contributed by atoms with van der Waals surface area (Å²) < 4.78 is 26.8. The number of hydrogen-bond donors (Lipinski definition) is 2. The monoisotopic (exact) mass is 387 g/mol. The van der Waals surface area contributed by atoms with Crippen LogP contribution in [0, 0.1) is 0 Å². The van der Waals surface area contributed by atoms with E-state index in [1.165, 1.54) is 12.8 Å². The van der Waals surface area contributed by atoms with E-state index in [1.54, 1.807) is 30.3 Å². The van der Waals surface area contributed by atoms with Crippen molar-refractivity contribution in [3.8, 4) is 0 Å². The molecule has 2 atom stereocenters. The molecule has 2 heterocycles. The number of carbonyl (C=O) groups is 1. The van der Waals surface area contributed by atoms with E-state index in [-0.39, 0.29) is 42.2 Å². The molecule has 2 aliphatic rings. The van der Waals surface area contributed by atoms with E-state index < -0.39 is 10.0 Å². The number of nitrogens with zero attached hydrogens (tertiary/aromatic N) is 1. The fourth-order valence-electron chi connectivity index (χ4n) is 3.70. The summed E-state index contributed by atoms with van der Waals surface area (Å²) in [6.45, 7) is 0.123. The average Bonchev–Trinajstić information content (AvgIpc) is 2.92. The summed E-state index contributed by atoms with van der Waals surface area (Å²) in [5.74, 6) is -0.00272. The van der Waals surface area contributed by atoms with E-state index in [0.717, 1.165) is 12.8 Å². The van der Waals surface area contributed by atoms with E-state index in [9.17, 15) is 13.2 Å². The fourth-order valence-corrected chi connectivity index (χ4v) is 4.75. The summed E-state index contributed by atoms with van der Waals surface area (Å²) in [7, 11) is -1.71. The van der Waals surface area contributed by atoms with Gasteiger partial charge in [0.15, 0.2) is 0 Å². The highest BCUT2D eigenvalue weighted by molar-refractivity contribution is 7.89. The zero-order valence-corrected chi connectivity index (χ0v) is 16.0. The smallest absolute Gasteiger partial charge is 0.240 e. The summed E-state index contributed by atoms with van der Waals surface area (Å²) in [5.41, 5.74) is 0. The minimum absolute atomic E-state index is 0. The van der Waals surface area contributed by atoms with Gasteiger partial charge >= 0.3 is 0 Å². The van der Waals surface area contributed by atoms with Crippen LogP contribution in [-0.4, -0.2) is 50.9 Å². The molecule has 1 aromatic rings. The Morgan fingerprint density at radius 2 is 1.80 bits per heavy atom. The summed E-state index contributed by atoms with van der Waals surface area (Å²) in [6, 6.07) is 9.53. The summed E-state index contributed by atoms with van der Waals surface area (Å²) >= 11 is 0. The van der Waals surface area contributed by atoms with E-state index in [0.29, 0.717) is 12.1 Å². The predicted octanol–water partition coefficient (Wildman–Crippen LogP) is 1.52. The van der Waals surface area contributed by atoms with Crippen molar-refractivity contribution >= 4 is 28.3 Å². The van der Waals surface area contributed by atoms with Crippen molar-refractivity contribution in [3.05, 3.63) is 30.3 Å². The molecule has 0 saturated carbocycles. The lowest BCUT2D eigenvalue weighted by Crippen LogP contribution is -2.49. The van der Waals surface area contributed by atoms with Crippen molar-refractivity contribution in [3.63, 3.8) is 0 Å². The number of piperidine rings is 1. The third-order valence-corrected chi connectivity index (χ3v) is 6.55. The zero-order chi connectivity index (χ0) is 17.2. The number of carbonyl (C=O) groups excluding carboxylic acids is 1. The van der Waals surface area contributed by atoms with Crippen molar-refractivity contribution in [2.24, 2.45) is 0 Å². The molecule has 0 aliphatic carbocycles. The lowest BCUT2D eigenvalue weighted by Gasteiger charge is -2.35. The number of fused-ring (bicyclic) bond motifs is 2. The predicted molar refractivity (Wildman–Crippen MR) is 99.2 cm³/mol. The Hall–Kier alpha value is -1.15. The first-order valence-electron chi connectivity index (χ1n) is 8.52. The van der Waals surface area contributed by atoms with Gasteiger partial charge in [-0.2, -0.15) is 0 Å². The molecule has 3 rings (SSSR count). The molecule has 2 saturated heterocycles. The van der Waals surface area contributed by atoms with Gasteiger partial charge in [0.2, 0.25) is 15.9 Å². The molecule has 1 aromatic carbocycles. The fraction of sp³-hybridized carbons (Fsp3) is 0.588. The van der Waals surface area contributed by atoms with Gasteiger partial charge in [-0.15, -0.1) is 12.4 Å². The minimum Gasteiger partial charge on any atom is -0.343 e. The number of sulfonamides is 1. The highest BCUT2D eigenvalue weighted by atomic mass is 35.5. The van der Waals surface area contributed by atoms with Gasteiger partial charge in [-0.1, -0.05) is 18.2 Å². The second-order valence-corrected chi connectivity index (χ2v) is 8.50.